The normalized spacial score (nSPS) is 9.29. The van der Waals surface area contributed by atoms with Gasteiger partial charge in [-0.2, -0.15) is 10.1 Å². The Balaban J connectivity index is 2.80. The summed E-state index contributed by atoms with van der Waals surface area (Å²) in [7, 11) is 0. The van der Waals surface area contributed by atoms with Gasteiger partial charge >= 0.3 is 0 Å². The van der Waals surface area contributed by atoms with Crippen molar-refractivity contribution in [3.63, 3.8) is 0 Å². The average Bonchev–Trinajstić information content (AvgIpc) is 2.26. The van der Waals surface area contributed by atoms with Gasteiger partial charge in [-0.1, -0.05) is 18.2 Å². The molecule has 0 unspecified atom stereocenters. The first-order valence-corrected chi connectivity index (χ1v) is 5.43. The topological polar surface area (TPSA) is 77.5 Å². The highest BCUT2D eigenvalue weighted by Crippen LogP contribution is 2.07. The Morgan fingerprint density at radius 1 is 1.35 bits per heavy atom. The molecule has 0 bridgehead atoms. The average molecular weight is 249 g/mol. The number of nitrogens with zero attached hydrogens (tertiary/aromatic N) is 2. The van der Waals surface area contributed by atoms with Gasteiger partial charge in [0, 0.05) is 11.4 Å². The van der Waals surface area contributed by atoms with Crippen LogP contribution in [0.4, 0.5) is 5.69 Å². The molecule has 1 aromatic rings. The van der Waals surface area contributed by atoms with Gasteiger partial charge in [0.25, 0.3) is 0 Å². The molecule has 0 fully saturated rings. The Hall–Kier alpha value is -1.95. The van der Waals surface area contributed by atoms with E-state index in [0.29, 0.717) is 0 Å². The third-order valence-corrected chi connectivity index (χ3v) is 2.02. The van der Waals surface area contributed by atoms with Crippen LogP contribution in [-0.4, -0.2) is 21.8 Å². The van der Waals surface area contributed by atoms with Crippen molar-refractivity contribution in [2.75, 3.05) is 5.32 Å². The zero-order chi connectivity index (χ0) is 12.8. The molecule has 17 heavy (non-hydrogen) atoms. The molecule has 0 aliphatic carbocycles. The molecule has 0 amide bonds. The maximum atomic E-state index is 7.41. The van der Waals surface area contributed by atoms with Gasteiger partial charge in [0.2, 0.25) is 11.1 Å². The number of para-hydroxylation sites is 1. The van der Waals surface area contributed by atoms with Crippen molar-refractivity contribution in [2.45, 2.75) is 13.8 Å². The highest BCUT2D eigenvalue weighted by molar-refractivity contribution is 7.80. The van der Waals surface area contributed by atoms with Gasteiger partial charge in [-0.25, -0.2) is 0 Å². The second kappa shape index (κ2) is 5.95. The van der Waals surface area contributed by atoms with E-state index in [9.17, 15) is 0 Å². The van der Waals surface area contributed by atoms with Gasteiger partial charge in [0.05, 0.1) is 0 Å². The van der Waals surface area contributed by atoms with Gasteiger partial charge in [0.1, 0.15) is 0 Å². The summed E-state index contributed by atoms with van der Waals surface area (Å²) in [5.41, 5.74) is 7.00. The van der Waals surface area contributed by atoms with E-state index in [2.05, 4.69) is 10.4 Å². The Morgan fingerprint density at radius 3 is 2.41 bits per heavy atom. The van der Waals surface area contributed by atoms with Crippen LogP contribution in [0.15, 0.2) is 35.4 Å². The predicted octanol–water partition coefficient (Wildman–Crippen LogP) is 1.97. The van der Waals surface area contributed by atoms with Gasteiger partial charge in [-0.15, -0.1) is 0 Å². The number of guanidine groups is 1. The number of benzene rings is 1. The van der Waals surface area contributed by atoms with Crippen molar-refractivity contribution >= 4 is 34.7 Å². The van der Waals surface area contributed by atoms with Gasteiger partial charge < -0.3 is 11.1 Å². The standard InChI is InChI=1S/C11H15N5S/c1-8(2)15-16(10(12)13)11(17)14-9-6-4-3-5-7-9/h3-7H,1-2H3,(H3,12,13)(H,14,17). The van der Waals surface area contributed by atoms with Crippen molar-refractivity contribution in [3.05, 3.63) is 30.3 Å². The van der Waals surface area contributed by atoms with Crippen LogP contribution in [0.3, 0.4) is 0 Å². The monoisotopic (exact) mass is 249 g/mol. The fraction of sp³-hybridized carbons (Fsp3) is 0.182. The van der Waals surface area contributed by atoms with E-state index in [0.717, 1.165) is 11.4 Å². The zero-order valence-electron chi connectivity index (χ0n) is 9.77. The van der Waals surface area contributed by atoms with Crippen molar-refractivity contribution in [1.82, 2.24) is 5.01 Å². The van der Waals surface area contributed by atoms with Crippen molar-refractivity contribution in [2.24, 2.45) is 10.8 Å². The summed E-state index contributed by atoms with van der Waals surface area (Å²) in [6.07, 6.45) is 0. The molecule has 0 saturated heterocycles. The molecule has 0 spiro atoms. The van der Waals surface area contributed by atoms with E-state index in [1.54, 1.807) is 13.8 Å². The van der Waals surface area contributed by atoms with Crippen LogP contribution >= 0.6 is 12.2 Å². The highest BCUT2D eigenvalue weighted by Gasteiger charge is 2.11. The quantitative estimate of drug-likeness (QED) is 0.324. The van der Waals surface area contributed by atoms with Gasteiger partial charge in [-0.05, 0) is 38.2 Å². The van der Waals surface area contributed by atoms with Crippen LogP contribution in [0, 0.1) is 5.41 Å². The molecule has 90 valence electrons. The fourth-order valence-corrected chi connectivity index (χ4v) is 1.36. The number of hydrazone groups is 1. The molecule has 0 aromatic heterocycles. The molecule has 1 rings (SSSR count). The van der Waals surface area contributed by atoms with Crippen LogP contribution in [0.2, 0.25) is 0 Å². The first-order chi connectivity index (χ1) is 8.00. The van der Waals surface area contributed by atoms with Crippen LogP contribution in [0.1, 0.15) is 13.8 Å². The Labute approximate surface area is 106 Å². The second-order valence-electron chi connectivity index (χ2n) is 3.54. The van der Waals surface area contributed by atoms with Crippen LogP contribution in [0.25, 0.3) is 0 Å². The van der Waals surface area contributed by atoms with Crippen LogP contribution < -0.4 is 11.1 Å². The van der Waals surface area contributed by atoms with Crippen molar-refractivity contribution in [1.29, 1.82) is 5.41 Å². The molecule has 1 aromatic carbocycles. The van der Waals surface area contributed by atoms with E-state index in [4.69, 9.17) is 23.4 Å². The van der Waals surface area contributed by atoms with E-state index in [1.807, 2.05) is 30.3 Å². The van der Waals surface area contributed by atoms with E-state index in [-0.39, 0.29) is 11.1 Å². The molecule has 0 saturated carbocycles. The number of hydrogen-bond acceptors (Lipinski definition) is 3. The molecule has 4 N–H and O–H groups in total. The summed E-state index contributed by atoms with van der Waals surface area (Å²) < 4.78 is 0. The Bertz CT molecular complexity index is 436. The molecule has 0 heterocycles. The number of rotatable bonds is 2. The molecular weight excluding hydrogens is 234 g/mol. The smallest absolute Gasteiger partial charge is 0.216 e. The maximum Gasteiger partial charge on any atom is 0.216 e. The third-order valence-electron chi connectivity index (χ3n) is 1.75. The molecule has 0 aliphatic heterocycles. The van der Waals surface area contributed by atoms with Crippen LogP contribution in [-0.2, 0) is 0 Å². The predicted molar refractivity (Wildman–Crippen MR) is 75.2 cm³/mol. The molecule has 0 atom stereocenters. The lowest BCUT2D eigenvalue weighted by molar-refractivity contribution is 0.654. The number of thiocarbonyl (C=S) groups is 1. The minimum atomic E-state index is -0.223. The summed E-state index contributed by atoms with van der Waals surface area (Å²) >= 11 is 5.14. The lowest BCUT2D eigenvalue weighted by Crippen LogP contribution is -2.40. The molecule has 0 radical (unpaired) electrons. The van der Waals surface area contributed by atoms with E-state index >= 15 is 0 Å². The summed E-state index contributed by atoms with van der Waals surface area (Å²) in [5, 5.41) is 15.9. The van der Waals surface area contributed by atoms with E-state index < -0.39 is 0 Å². The lowest BCUT2D eigenvalue weighted by atomic mass is 10.3. The highest BCUT2D eigenvalue weighted by atomic mass is 32.1. The first kappa shape index (κ1) is 13.1. The summed E-state index contributed by atoms with van der Waals surface area (Å²) in [4.78, 5) is 0. The van der Waals surface area contributed by atoms with Crippen LogP contribution in [0.5, 0.6) is 0 Å². The SMILES string of the molecule is CC(C)=NN(C(=N)N)C(=S)Nc1ccccc1. The van der Waals surface area contributed by atoms with Gasteiger partial charge in [-0.3, -0.25) is 5.41 Å². The molecule has 5 nitrogen and oxygen atoms in total. The Kier molecular flexibility index (Phi) is 4.59. The molecule has 6 heteroatoms. The van der Waals surface area contributed by atoms with E-state index in [1.165, 1.54) is 5.01 Å². The largest absolute Gasteiger partial charge is 0.368 e. The van der Waals surface area contributed by atoms with Crippen molar-refractivity contribution < 1.29 is 0 Å². The number of anilines is 1. The Morgan fingerprint density at radius 2 is 1.94 bits per heavy atom. The minimum absolute atomic E-state index is 0.223. The maximum absolute atomic E-state index is 7.41. The summed E-state index contributed by atoms with van der Waals surface area (Å²) in [6, 6.07) is 9.42. The second-order valence-corrected chi connectivity index (χ2v) is 3.93. The number of hydrogen-bond donors (Lipinski definition) is 3. The number of nitrogens with one attached hydrogen (secondary N) is 2. The third kappa shape index (κ3) is 4.20. The minimum Gasteiger partial charge on any atom is -0.368 e. The van der Waals surface area contributed by atoms with Gasteiger partial charge in [0.15, 0.2) is 0 Å². The van der Waals surface area contributed by atoms with Crippen molar-refractivity contribution in [3.8, 4) is 0 Å². The molecule has 0 aliphatic rings. The lowest BCUT2D eigenvalue weighted by Gasteiger charge is -2.19. The number of nitrogens with two attached hydrogens (primary N) is 1. The summed E-state index contributed by atoms with van der Waals surface area (Å²) in [6.45, 7) is 3.61. The first-order valence-electron chi connectivity index (χ1n) is 5.02. The fourth-order valence-electron chi connectivity index (χ4n) is 1.11. The zero-order valence-corrected chi connectivity index (χ0v) is 10.6. The summed E-state index contributed by atoms with van der Waals surface area (Å²) in [5.74, 6) is -0.223. The molecular formula is C11H15N5S.